The van der Waals surface area contributed by atoms with Gasteiger partial charge in [0, 0.05) is 31.5 Å². The van der Waals surface area contributed by atoms with E-state index in [0.717, 1.165) is 39.1 Å². The standard InChI is InChI=1S/C20H28N2O2/c1-14-2-4-15(5-3-14)11-22-9-8-17-13-24-19(18(17)12-22)10-21-20(23)16-6-7-16/h2-5,16-19H,6-13H2,1H3,(H,21,23)/t17-,18-,19+/m0/s1. The van der Waals surface area contributed by atoms with Gasteiger partial charge in [-0.05, 0) is 44.2 Å². The zero-order chi connectivity index (χ0) is 16.5. The lowest BCUT2D eigenvalue weighted by atomic mass is 9.84. The van der Waals surface area contributed by atoms with Crippen LogP contribution in [0.25, 0.3) is 0 Å². The highest BCUT2D eigenvalue weighted by atomic mass is 16.5. The van der Waals surface area contributed by atoms with E-state index in [9.17, 15) is 4.79 Å². The quantitative estimate of drug-likeness (QED) is 0.902. The van der Waals surface area contributed by atoms with Gasteiger partial charge in [0.05, 0.1) is 12.7 Å². The predicted octanol–water partition coefficient (Wildman–Crippen LogP) is 2.36. The summed E-state index contributed by atoms with van der Waals surface area (Å²) in [4.78, 5) is 14.4. The predicted molar refractivity (Wildman–Crippen MR) is 93.5 cm³/mol. The summed E-state index contributed by atoms with van der Waals surface area (Å²) in [5.74, 6) is 1.74. The maximum Gasteiger partial charge on any atom is 0.223 e. The molecule has 4 rings (SSSR count). The number of piperidine rings is 1. The molecule has 130 valence electrons. The minimum Gasteiger partial charge on any atom is -0.376 e. The van der Waals surface area contributed by atoms with E-state index in [-0.39, 0.29) is 17.9 Å². The first-order chi connectivity index (χ1) is 11.7. The van der Waals surface area contributed by atoms with Crippen molar-refractivity contribution in [3.05, 3.63) is 35.4 Å². The molecule has 4 heteroatoms. The summed E-state index contributed by atoms with van der Waals surface area (Å²) in [6.45, 7) is 6.94. The lowest BCUT2D eigenvalue weighted by molar-refractivity contribution is -0.122. The molecular weight excluding hydrogens is 300 g/mol. The van der Waals surface area contributed by atoms with Crippen molar-refractivity contribution >= 4 is 5.91 Å². The van der Waals surface area contributed by atoms with Crippen LogP contribution in [0.5, 0.6) is 0 Å². The Kier molecular flexibility index (Phi) is 4.59. The van der Waals surface area contributed by atoms with Gasteiger partial charge < -0.3 is 10.1 Å². The summed E-state index contributed by atoms with van der Waals surface area (Å²) in [5, 5.41) is 3.11. The fourth-order valence-electron chi connectivity index (χ4n) is 4.10. The molecule has 1 aliphatic carbocycles. The number of likely N-dealkylation sites (tertiary alicyclic amines) is 1. The molecule has 0 aromatic heterocycles. The number of ether oxygens (including phenoxy) is 1. The highest BCUT2D eigenvalue weighted by Gasteiger charge is 2.41. The molecule has 24 heavy (non-hydrogen) atoms. The molecule has 0 spiro atoms. The van der Waals surface area contributed by atoms with Gasteiger partial charge in [-0.1, -0.05) is 29.8 Å². The van der Waals surface area contributed by atoms with Gasteiger partial charge in [0.25, 0.3) is 0 Å². The van der Waals surface area contributed by atoms with E-state index < -0.39 is 0 Å². The second-order valence-electron chi connectivity index (χ2n) is 7.82. The van der Waals surface area contributed by atoms with Crippen molar-refractivity contribution in [2.75, 3.05) is 26.2 Å². The van der Waals surface area contributed by atoms with Crippen molar-refractivity contribution in [3.63, 3.8) is 0 Å². The summed E-state index contributed by atoms with van der Waals surface area (Å²) >= 11 is 0. The average Bonchev–Trinajstić information content (AvgIpc) is 3.36. The summed E-state index contributed by atoms with van der Waals surface area (Å²) in [7, 11) is 0. The number of hydrogen-bond donors (Lipinski definition) is 1. The number of hydrogen-bond acceptors (Lipinski definition) is 3. The van der Waals surface area contributed by atoms with Crippen LogP contribution in [-0.4, -0.2) is 43.2 Å². The van der Waals surface area contributed by atoms with Crippen molar-refractivity contribution in [3.8, 4) is 0 Å². The minimum atomic E-state index is 0.193. The van der Waals surface area contributed by atoms with E-state index in [2.05, 4.69) is 41.4 Å². The first-order valence-electron chi connectivity index (χ1n) is 9.36. The maximum absolute atomic E-state index is 11.9. The summed E-state index contributed by atoms with van der Waals surface area (Å²) in [6.07, 6.45) is 3.53. The Hall–Kier alpha value is -1.39. The molecule has 1 aromatic carbocycles. The molecular formula is C20H28N2O2. The fourth-order valence-corrected chi connectivity index (χ4v) is 4.10. The van der Waals surface area contributed by atoms with Crippen LogP contribution >= 0.6 is 0 Å². The Balaban J connectivity index is 1.32. The number of aryl methyl sites for hydroxylation is 1. The van der Waals surface area contributed by atoms with E-state index in [1.807, 2.05) is 0 Å². The van der Waals surface area contributed by atoms with Gasteiger partial charge >= 0.3 is 0 Å². The van der Waals surface area contributed by atoms with E-state index in [0.29, 0.717) is 18.4 Å². The van der Waals surface area contributed by atoms with Crippen LogP contribution in [0.1, 0.15) is 30.4 Å². The van der Waals surface area contributed by atoms with Crippen molar-refractivity contribution < 1.29 is 9.53 Å². The highest BCUT2D eigenvalue weighted by Crippen LogP contribution is 2.35. The molecule has 0 bridgehead atoms. The molecule has 3 aliphatic rings. The first-order valence-corrected chi connectivity index (χ1v) is 9.36. The molecule has 0 radical (unpaired) electrons. The Bertz CT molecular complexity index is 582. The van der Waals surface area contributed by atoms with Crippen LogP contribution in [0.15, 0.2) is 24.3 Å². The number of benzene rings is 1. The highest BCUT2D eigenvalue weighted by molar-refractivity contribution is 5.80. The van der Waals surface area contributed by atoms with Crippen LogP contribution < -0.4 is 5.32 Å². The van der Waals surface area contributed by atoms with Gasteiger partial charge in [0.15, 0.2) is 0 Å². The largest absolute Gasteiger partial charge is 0.376 e. The van der Waals surface area contributed by atoms with Gasteiger partial charge in [0.2, 0.25) is 5.91 Å². The number of carbonyl (C=O) groups excluding carboxylic acids is 1. The Labute approximate surface area is 144 Å². The molecule has 2 aliphatic heterocycles. The number of rotatable bonds is 5. The number of amides is 1. The molecule has 3 atom stereocenters. The molecule has 4 nitrogen and oxygen atoms in total. The van der Waals surface area contributed by atoms with E-state index >= 15 is 0 Å². The molecule has 1 N–H and O–H groups in total. The van der Waals surface area contributed by atoms with E-state index in [4.69, 9.17) is 4.74 Å². The van der Waals surface area contributed by atoms with Crippen molar-refractivity contribution in [1.82, 2.24) is 10.2 Å². The Morgan fingerprint density at radius 3 is 2.79 bits per heavy atom. The van der Waals surface area contributed by atoms with Gasteiger partial charge in [-0.25, -0.2) is 0 Å². The molecule has 1 aromatic rings. The maximum atomic E-state index is 11.9. The molecule has 0 unspecified atom stereocenters. The monoisotopic (exact) mass is 328 g/mol. The molecule has 3 fully saturated rings. The third-order valence-electron chi connectivity index (χ3n) is 5.84. The lowest BCUT2D eigenvalue weighted by Gasteiger charge is -2.36. The smallest absolute Gasteiger partial charge is 0.223 e. The van der Waals surface area contributed by atoms with E-state index in [1.54, 1.807) is 0 Å². The zero-order valence-electron chi connectivity index (χ0n) is 14.5. The number of nitrogens with zero attached hydrogens (tertiary/aromatic N) is 1. The van der Waals surface area contributed by atoms with Crippen LogP contribution in [-0.2, 0) is 16.1 Å². The molecule has 2 heterocycles. The van der Waals surface area contributed by atoms with Crippen molar-refractivity contribution in [2.45, 2.75) is 38.8 Å². The van der Waals surface area contributed by atoms with Gasteiger partial charge in [0.1, 0.15) is 0 Å². The third-order valence-corrected chi connectivity index (χ3v) is 5.84. The summed E-state index contributed by atoms with van der Waals surface area (Å²) in [6, 6.07) is 8.85. The Morgan fingerprint density at radius 1 is 1.25 bits per heavy atom. The van der Waals surface area contributed by atoms with Crippen LogP contribution in [0, 0.1) is 24.7 Å². The number of fused-ring (bicyclic) bond motifs is 1. The lowest BCUT2D eigenvalue weighted by Crippen LogP contribution is -2.45. The third kappa shape index (κ3) is 3.65. The topological polar surface area (TPSA) is 41.6 Å². The minimum absolute atomic E-state index is 0.193. The van der Waals surface area contributed by atoms with Gasteiger partial charge in [-0.15, -0.1) is 0 Å². The second-order valence-corrected chi connectivity index (χ2v) is 7.82. The first kappa shape index (κ1) is 16.1. The number of nitrogens with one attached hydrogen (secondary N) is 1. The molecule has 1 amide bonds. The average molecular weight is 328 g/mol. The van der Waals surface area contributed by atoms with Crippen molar-refractivity contribution in [2.24, 2.45) is 17.8 Å². The normalized spacial score (nSPS) is 30.1. The summed E-state index contributed by atoms with van der Waals surface area (Å²) < 4.78 is 6.02. The van der Waals surface area contributed by atoms with Crippen LogP contribution in [0.4, 0.5) is 0 Å². The van der Waals surface area contributed by atoms with Crippen LogP contribution in [0.3, 0.4) is 0 Å². The zero-order valence-corrected chi connectivity index (χ0v) is 14.5. The molecule has 2 saturated heterocycles. The summed E-state index contributed by atoms with van der Waals surface area (Å²) in [5.41, 5.74) is 2.70. The van der Waals surface area contributed by atoms with Gasteiger partial charge in [-0.3, -0.25) is 9.69 Å². The molecule has 1 saturated carbocycles. The van der Waals surface area contributed by atoms with Crippen LogP contribution in [0.2, 0.25) is 0 Å². The SMILES string of the molecule is Cc1ccc(CN2CC[C@H]3CO[C@H](CNC(=O)C4CC4)[C@H]3C2)cc1. The number of carbonyl (C=O) groups is 1. The van der Waals surface area contributed by atoms with E-state index in [1.165, 1.54) is 17.5 Å². The second kappa shape index (κ2) is 6.85. The fraction of sp³-hybridized carbons (Fsp3) is 0.650. The van der Waals surface area contributed by atoms with Gasteiger partial charge in [-0.2, -0.15) is 0 Å². The Morgan fingerprint density at radius 2 is 2.04 bits per heavy atom. The van der Waals surface area contributed by atoms with Crippen molar-refractivity contribution in [1.29, 1.82) is 0 Å².